The van der Waals surface area contributed by atoms with E-state index in [-0.39, 0.29) is 9.77 Å². The molecule has 0 atom stereocenters. The fourth-order valence-corrected chi connectivity index (χ4v) is 7.20. The van der Waals surface area contributed by atoms with Crippen LogP contribution in [-0.4, -0.2) is 36.7 Å². The lowest BCUT2D eigenvalue weighted by atomic mass is 10.1. The van der Waals surface area contributed by atoms with E-state index >= 15 is 0 Å². The summed E-state index contributed by atoms with van der Waals surface area (Å²) in [7, 11) is -3.66. The molecule has 3 aromatic rings. The number of aromatic nitrogens is 1. The quantitative estimate of drug-likeness (QED) is 0.659. The molecule has 1 fully saturated rings. The number of anilines is 1. The summed E-state index contributed by atoms with van der Waals surface area (Å²) >= 11 is 2.55. The minimum Gasteiger partial charge on any atom is -0.297 e. The first-order valence-corrected chi connectivity index (χ1v) is 12.3. The average molecular weight is 436 g/mol. The Balaban J connectivity index is 1.63. The van der Waals surface area contributed by atoms with E-state index in [1.165, 1.54) is 21.7 Å². The van der Waals surface area contributed by atoms with E-state index in [0.717, 1.165) is 51.9 Å². The SMILES string of the molecule is Cc1ccc(C)c2sc(NC(=O)c3sccc3S(=O)(=O)N3CCCCC3)nc12. The van der Waals surface area contributed by atoms with Gasteiger partial charge in [0.25, 0.3) is 5.91 Å². The number of aryl methyl sites for hydroxylation is 2. The highest BCUT2D eigenvalue weighted by Crippen LogP contribution is 2.32. The summed E-state index contributed by atoms with van der Waals surface area (Å²) in [4.78, 5) is 17.7. The standard InChI is InChI=1S/C19H21N3O3S3/c1-12-6-7-13(2)16-15(12)20-19(27-16)21-18(23)17-14(8-11-26-17)28(24,25)22-9-4-3-5-10-22/h6-8,11H,3-5,9-10H2,1-2H3,(H,20,21,23). The van der Waals surface area contributed by atoms with Crippen molar-refractivity contribution in [3.8, 4) is 0 Å². The lowest BCUT2D eigenvalue weighted by Crippen LogP contribution is -2.36. The van der Waals surface area contributed by atoms with Crippen LogP contribution in [0.5, 0.6) is 0 Å². The fraction of sp³-hybridized carbons (Fsp3) is 0.368. The molecule has 0 unspecified atom stereocenters. The number of amides is 1. The molecule has 1 N–H and O–H groups in total. The molecule has 148 valence electrons. The molecule has 1 aliphatic heterocycles. The summed E-state index contributed by atoms with van der Waals surface area (Å²) in [5.41, 5.74) is 3.01. The van der Waals surface area contributed by atoms with Crippen LogP contribution in [0.15, 0.2) is 28.5 Å². The number of nitrogens with one attached hydrogen (secondary N) is 1. The number of thiophene rings is 1. The van der Waals surface area contributed by atoms with E-state index in [1.807, 2.05) is 26.0 Å². The Bertz CT molecular complexity index is 1100. The largest absolute Gasteiger partial charge is 0.297 e. The van der Waals surface area contributed by atoms with Crippen LogP contribution in [0.2, 0.25) is 0 Å². The van der Waals surface area contributed by atoms with Gasteiger partial charge in [0.2, 0.25) is 10.0 Å². The van der Waals surface area contributed by atoms with E-state index in [0.29, 0.717) is 18.2 Å². The number of hydrogen-bond acceptors (Lipinski definition) is 6. The Labute approximate surface area is 172 Å². The molecule has 0 spiro atoms. The molecule has 1 aliphatic rings. The van der Waals surface area contributed by atoms with Crippen molar-refractivity contribution in [1.29, 1.82) is 0 Å². The number of rotatable bonds is 4. The molecule has 3 heterocycles. The van der Waals surface area contributed by atoms with Gasteiger partial charge in [0, 0.05) is 13.1 Å². The van der Waals surface area contributed by atoms with Crippen molar-refractivity contribution in [2.24, 2.45) is 0 Å². The van der Waals surface area contributed by atoms with Gasteiger partial charge in [-0.25, -0.2) is 13.4 Å². The highest BCUT2D eigenvalue weighted by molar-refractivity contribution is 7.89. The van der Waals surface area contributed by atoms with Crippen LogP contribution in [0, 0.1) is 13.8 Å². The minimum absolute atomic E-state index is 0.0883. The third-order valence-electron chi connectivity index (χ3n) is 4.93. The summed E-state index contributed by atoms with van der Waals surface area (Å²) in [6.45, 7) is 5.01. The summed E-state index contributed by atoms with van der Waals surface area (Å²) in [6, 6.07) is 5.56. The zero-order chi connectivity index (χ0) is 19.9. The predicted octanol–water partition coefficient (Wildman–Crippen LogP) is 4.40. The average Bonchev–Trinajstić information content (AvgIpc) is 3.34. The van der Waals surface area contributed by atoms with Crippen molar-refractivity contribution < 1.29 is 13.2 Å². The van der Waals surface area contributed by atoms with Crippen LogP contribution >= 0.6 is 22.7 Å². The molecule has 9 heteroatoms. The highest BCUT2D eigenvalue weighted by atomic mass is 32.2. The van der Waals surface area contributed by atoms with Gasteiger partial charge < -0.3 is 0 Å². The smallest absolute Gasteiger partial charge is 0.268 e. The predicted molar refractivity (Wildman–Crippen MR) is 114 cm³/mol. The fourth-order valence-electron chi connectivity index (χ4n) is 3.38. The van der Waals surface area contributed by atoms with Crippen LogP contribution in [0.1, 0.15) is 40.1 Å². The molecular weight excluding hydrogens is 414 g/mol. The van der Waals surface area contributed by atoms with Crippen LogP contribution in [-0.2, 0) is 10.0 Å². The number of thiazole rings is 1. The molecule has 2 aromatic heterocycles. The summed E-state index contributed by atoms with van der Waals surface area (Å²) in [5.74, 6) is -0.431. The van der Waals surface area contributed by atoms with Gasteiger partial charge in [-0.1, -0.05) is 29.9 Å². The van der Waals surface area contributed by atoms with Crippen molar-refractivity contribution >= 4 is 54.0 Å². The number of hydrogen-bond donors (Lipinski definition) is 1. The number of nitrogens with zero attached hydrogens (tertiary/aromatic N) is 2. The van der Waals surface area contributed by atoms with Gasteiger partial charge >= 0.3 is 0 Å². The zero-order valence-electron chi connectivity index (χ0n) is 15.7. The molecule has 0 saturated carbocycles. The topological polar surface area (TPSA) is 79.4 Å². The molecule has 28 heavy (non-hydrogen) atoms. The van der Waals surface area contributed by atoms with Crippen LogP contribution in [0.4, 0.5) is 5.13 Å². The number of carbonyl (C=O) groups is 1. The van der Waals surface area contributed by atoms with Crippen LogP contribution in [0.25, 0.3) is 10.2 Å². The maximum Gasteiger partial charge on any atom is 0.268 e. The molecule has 0 bridgehead atoms. The normalized spacial score (nSPS) is 15.8. The molecule has 1 aromatic carbocycles. The number of fused-ring (bicyclic) bond motifs is 1. The summed E-state index contributed by atoms with van der Waals surface area (Å²) in [5, 5.41) is 4.93. The lowest BCUT2D eigenvalue weighted by Gasteiger charge is -2.25. The van der Waals surface area contributed by atoms with Crippen LogP contribution < -0.4 is 5.32 Å². The summed E-state index contributed by atoms with van der Waals surface area (Å²) < 4.78 is 28.5. The number of sulfonamides is 1. The Morgan fingerprint density at radius 3 is 2.54 bits per heavy atom. The number of benzene rings is 1. The molecule has 4 rings (SSSR count). The third kappa shape index (κ3) is 3.47. The van der Waals surface area contributed by atoms with E-state index in [2.05, 4.69) is 10.3 Å². The van der Waals surface area contributed by atoms with Gasteiger partial charge in [-0.2, -0.15) is 4.31 Å². The first kappa shape index (κ1) is 19.5. The van der Waals surface area contributed by atoms with E-state index in [1.54, 1.807) is 5.38 Å². The Morgan fingerprint density at radius 1 is 1.11 bits per heavy atom. The third-order valence-corrected chi connectivity index (χ3v) is 9.02. The first-order chi connectivity index (χ1) is 13.4. The molecule has 1 amide bonds. The van der Waals surface area contributed by atoms with Gasteiger partial charge in [-0.15, -0.1) is 11.3 Å². The second-order valence-corrected chi connectivity index (χ2v) is 10.8. The van der Waals surface area contributed by atoms with Crippen molar-refractivity contribution in [2.45, 2.75) is 38.0 Å². The molecular formula is C19H21N3O3S3. The Hall–Kier alpha value is -1.81. The van der Waals surface area contributed by atoms with Crippen molar-refractivity contribution in [1.82, 2.24) is 9.29 Å². The van der Waals surface area contributed by atoms with Gasteiger partial charge in [0.1, 0.15) is 9.77 Å². The lowest BCUT2D eigenvalue weighted by molar-refractivity contribution is 0.102. The number of piperidine rings is 1. The van der Waals surface area contributed by atoms with E-state index in [9.17, 15) is 13.2 Å². The second kappa shape index (κ2) is 7.55. The first-order valence-electron chi connectivity index (χ1n) is 9.13. The number of carbonyl (C=O) groups excluding carboxylic acids is 1. The van der Waals surface area contributed by atoms with E-state index in [4.69, 9.17) is 0 Å². The van der Waals surface area contributed by atoms with Crippen molar-refractivity contribution in [2.75, 3.05) is 18.4 Å². The van der Waals surface area contributed by atoms with Crippen molar-refractivity contribution in [3.05, 3.63) is 39.6 Å². The zero-order valence-corrected chi connectivity index (χ0v) is 18.1. The van der Waals surface area contributed by atoms with E-state index < -0.39 is 15.9 Å². The minimum atomic E-state index is -3.66. The van der Waals surface area contributed by atoms with Crippen LogP contribution in [0.3, 0.4) is 0 Å². The van der Waals surface area contributed by atoms with Gasteiger partial charge in [0.15, 0.2) is 5.13 Å². The molecule has 0 radical (unpaired) electrons. The van der Waals surface area contributed by atoms with Gasteiger partial charge in [0.05, 0.1) is 10.2 Å². The monoisotopic (exact) mass is 435 g/mol. The Morgan fingerprint density at radius 2 is 1.82 bits per heavy atom. The molecule has 0 aliphatic carbocycles. The van der Waals surface area contributed by atoms with Gasteiger partial charge in [-0.3, -0.25) is 10.1 Å². The highest BCUT2D eigenvalue weighted by Gasteiger charge is 2.31. The van der Waals surface area contributed by atoms with Gasteiger partial charge in [-0.05, 0) is 49.3 Å². The maximum atomic E-state index is 13.0. The molecule has 6 nitrogen and oxygen atoms in total. The Kier molecular flexibility index (Phi) is 5.26. The summed E-state index contributed by atoms with van der Waals surface area (Å²) in [6.07, 6.45) is 2.75. The molecule has 1 saturated heterocycles. The maximum absolute atomic E-state index is 13.0. The van der Waals surface area contributed by atoms with Crippen molar-refractivity contribution in [3.63, 3.8) is 0 Å². The second-order valence-electron chi connectivity index (χ2n) is 6.93.